The molecule has 3 aromatic heterocycles. The maximum absolute atomic E-state index is 14.3. The first-order valence-electron chi connectivity index (χ1n) is 31.9. The van der Waals surface area contributed by atoms with Gasteiger partial charge in [0.1, 0.15) is 12.2 Å². The highest BCUT2D eigenvalue weighted by molar-refractivity contribution is 6.18. The largest absolute Gasteiger partial charge is 0.445 e. The summed E-state index contributed by atoms with van der Waals surface area (Å²) in [7, 11) is 0. The van der Waals surface area contributed by atoms with E-state index in [4.69, 9.17) is 9.47 Å². The number of aryl methyl sites for hydroxylation is 3. The first-order valence-corrected chi connectivity index (χ1v) is 31.9. The minimum atomic E-state index is -2.04. The van der Waals surface area contributed by atoms with Crippen molar-refractivity contribution in [3.63, 3.8) is 0 Å². The zero-order valence-corrected chi connectivity index (χ0v) is 55.2. The van der Waals surface area contributed by atoms with Crippen LogP contribution < -0.4 is 37.9 Å². The first-order chi connectivity index (χ1) is 46.2. The molecule has 9 atom stereocenters. The Labute approximate surface area is 573 Å². The molecule has 0 spiro atoms. The summed E-state index contributed by atoms with van der Waals surface area (Å²) < 4.78 is 97.9. The van der Waals surface area contributed by atoms with Crippen LogP contribution in [-0.2, 0) is 60.1 Å². The molecule has 11 amide bonds. The summed E-state index contributed by atoms with van der Waals surface area (Å²) in [6.07, 6.45) is 5.95. The number of rotatable bonds is 13. The molecule has 1 unspecified atom stereocenters. The molecule has 3 saturated heterocycles. The number of urea groups is 3. The Bertz CT molecular complexity index is 4150. The second-order valence-corrected chi connectivity index (χ2v) is 26.5. The van der Waals surface area contributed by atoms with Crippen molar-refractivity contribution in [2.75, 3.05) is 0 Å². The van der Waals surface area contributed by atoms with Crippen LogP contribution in [0.25, 0.3) is 0 Å². The van der Waals surface area contributed by atoms with E-state index < -0.39 is 136 Å². The van der Waals surface area contributed by atoms with Crippen LogP contribution in [-0.4, -0.2) is 83.7 Å². The lowest BCUT2D eigenvalue weighted by atomic mass is 9.75. The molecule has 6 aromatic rings. The summed E-state index contributed by atoms with van der Waals surface area (Å²) in [5.41, 5.74) is -6.01. The Kier molecular flexibility index (Phi) is 23.9. The molecule has 5 aliphatic rings. The third-order valence-corrected chi connectivity index (χ3v) is 19.0. The van der Waals surface area contributed by atoms with Gasteiger partial charge in [0.25, 0.3) is 34.4 Å². The maximum Gasteiger partial charge on any atom is 0.425 e. The average Bonchev–Trinajstić information content (AvgIpc) is 1.60. The smallest absolute Gasteiger partial charge is 0.425 e. The van der Waals surface area contributed by atoms with Gasteiger partial charge in [-0.3, -0.25) is 34.1 Å². The molecule has 536 valence electrons. The molecule has 0 radical (unpaired) electrons. The number of hydrogen-bond donors (Lipinski definition) is 4. The summed E-state index contributed by atoms with van der Waals surface area (Å²) >= 11 is 0. The van der Waals surface area contributed by atoms with E-state index in [0.717, 1.165) is 74.2 Å². The Balaban J connectivity index is 0.000000214. The predicted octanol–water partition coefficient (Wildman–Crippen LogP) is 11.4. The van der Waals surface area contributed by atoms with E-state index in [2.05, 4.69) is 35.1 Å². The fourth-order valence-electron chi connectivity index (χ4n) is 13.4. The molecule has 6 heterocycles. The van der Waals surface area contributed by atoms with E-state index in [1.54, 1.807) is 57.2 Å². The number of pyridine rings is 3. The van der Waals surface area contributed by atoms with Gasteiger partial charge in [-0.2, -0.15) is 9.80 Å². The van der Waals surface area contributed by atoms with Crippen molar-refractivity contribution in [2.45, 2.75) is 164 Å². The van der Waals surface area contributed by atoms with Gasteiger partial charge in [0.05, 0.1) is 19.6 Å². The van der Waals surface area contributed by atoms with Gasteiger partial charge in [-0.15, -0.1) is 0 Å². The Morgan fingerprint density at radius 2 is 0.790 bits per heavy atom. The van der Waals surface area contributed by atoms with Gasteiger partial charge in [-0.25, -0.2) is 50.3 Å². The second kappa shape index (κ2) is 30.9. The quantitative estimate of drug-likeness (QED) is 0.0619. The van der Waals surface area contributed by atoms with E-state index in [9.17, 15) is 79.1 Å². The number of benzene rings is 3. The number of ether oxygens (including phenoxy) is 2. The Morgan fingerprint density at radius 3 is 1.09 bits per heavy atom. The third-order valence-electron chi connectivity index (χ3n) is 19.0. The third kappa shape index (κ3) is 15.5. The number of carbonyl (C=O) groups is 8. The number of amides is 11. The molecule has 11 rings (SSSR count). The van der Waals surface area contributed by atoms with E-state index in [1.807, 2.05) is 27.7 Å². The number of imide groups is 7. The van der Waals surface area contributed by atoms with Gasteiger partial charge in [0.15, 0.2) is 51.5 Å². The SMILES string of the molecule is C.C.Cc1cccn(CC2(c3ccc(F)c(F)c3)NC(=O)N(C(=O)O[C@@H]3C[C@H](C)CC[C@H]3C(C)C)C2=O)c1=O.Cc1cccn(C[C@@]2(c3ccc(F)c(F)c3)NC(=O)N(C(=O)O[C@@H]3C[C@H](C)CC[C@H]3C(C)C)C2=O)c1=O.Cc1cccn(C[C@@]2(c3ccc(F)c(F)c3)NC(=O)NC2=O)c1=O. The highest BCUT2D eigenvalue weighted by Crippen LogP contribution is 2.40. The van der Waals surface area contributed by atoms with Crippen molar-refractivity contribution < 1.29 is 74.2 Å². The maximum atomic E-state index is 14.3. The number of nitrogens with zero attached hydrogens (tertiary/aromatic N) is 5. The highest BCUT2D eigenvalue weighted by Gasteiger charge is 2.59. The van der Waals surface area contributed by atoms with Crippen molar-refractivity contribution in [2.24, 2.45) is 35.5 Å². The van der Waals surface area contributed by atoms with Crippen molar-refractivity contribution >= 4 is 48.0 Å². The lowest BCUT2D eigenvalue weighted by Crippen LogP contribution is -2.50. The van der Waals surface area contributed by atoms with Gasteiger partial charge in [-0.05, 0) is 153 Å². The lowest BCUT2D eigenvalue weighted by molar-refractivity contribution is -0.132. The van der Waals surface area contributed by atoms with E-state index in [0.29, 0.717) is 51.2 Å². The van der Waals surface area contributed by atoms with Crippen LogP contribution in [0, 0.1) is 91.2 Å². The molecule has 0 bridgehead atoms. The molecule has 4 N–H and O–H groups in total. The summed E-state index contributed by atoms with van der Waals surface area (Å²) in [4.78, 5) is 143. The van der Waals surface area contributed by atoms with E-state index >= 15 is 0 Å². The van der Waals surface area contributed by atoms with Crippen molar-refractivity contribution in [3.8, 4) is 0 Å². The second-order valence-electron chi connectivity index (χ2n) is 26.5. The predicted molar refractivity (Wildman–Crippen MR) is 355 cm³/mol. The molecule has 5 fully saturated rings. The lowest BCUT2D eigenvalue weighted by Gasteiger charge is -2.37. The summed E-state index contributed by atoms with van der Waals surface area (Å²) in [5, 5.41) is 9.45. The fraction of sp³-hybridized carbons (Fsp3) is 0.431. The summed E-state index contributed by atoms with van der Waals surface area (Å²) in [6, 6.07) is 15.0. The molecule has 28 heteroatoms. The van der Waals surface area contributed by atoms with E-state index in [1.165, 1.54) is 38.4 Å². The minimum Gasteiger partial charge on any atom is -0.445 e. The number of carbonyl (C=O) groups excluding carboxylic acids is 8. The van der Waals surface area contributed by atoms with Crippen LogP contribution in [0.5, 0.6) is 0 Å². The van der Waals surface area contributed by atoms with Gasteiger partial charge < -0.3 is 39.1 Å². The highest BCUT2D eigenvalue weighted by atomic mass is 19.2. The molecule has 2 saturated carbocycles. The molecular formula is C72H83F6N9O13. The van der Waals surface area contributed by atoms with Crippen LogP contribution in [0.1, 0.15) is 128 Å². The molecule has 3 aliphatic heterocycles. The summed E-state index contributed by atoms with van der Waals surface area (Å²) in [5.74, 6) is -8.61. The van der Waals surface area contributed by atoms with Gasteiger partial charge in [-0.1, -0.05) is 106 Å². The number of halogens is 6. The molecule has 22 nitrogen and oxygen atoms in total. The standard InChI is InChI=1S/2C27H31F2N3O5.C16H13F2N3O3.2CH4/c2*1-15(2)19-9-7-16(3)12-22(19)37-26(36)32-24(34)27(30-25(32)35,18-8-10-20(28)21(29)13-18)14-31-11-5-6-17(4)23(31)33;1-9-3-2-6-21(13(9)22)8-16(14(23)19-15(24)20-16)10-4-5-11(17)12(18)7-10;;/h2*5-6,8,10-11,13,15-16,19,22H,7,9,12,14H2,1-4H3,(H,30,35);2-7H,8H2,1H3,(H2,19,20,23,24);2*1H4/t16-,19+,22-,27?;16-,19+,22-,27+;16-;;/m110../s1. The van der Waals surface area contributed by atoms with Crippen LogP contribution in [0.2, 0.25) is 0 Å². The van der Waals surface area contributed by atoms with Gasteiger partial charge in [0, 0.05) is 35.3 Å². The molecule has 2 aliphatic carbocycles. The first kappa shape index (κ1) is 77.2. The summed E-state index contributed by atoms with van der Waals surface area (Å²) in [6.45, 7) is 15.9. The van der Waals surface area contributed by atoms with Crippen LogP contribution in [0.4, 0.5) is 50.3 Å². The van der Waals surface area contributed by atoms with Crippen molar-refractivity contribution in [1.29, 1.82) is 0 Å². The van der Waals surface area contributed by atoms with Crippen molar-refractivity contribution in [1.82, 2.24) is 44.8 Å². The van der Waals surface area contributed by atoms with Crippen LogP contribution in [0.3, 0.4) is 0 Å². The minimum absolute atomic E-state index is 0. The number of aromatic nitrogens is 3. The topological polar surface area (TPSA) is 276 Å². The fourth-order valence-corrected chi connectivity index (χ4v) is 13.4. The monoisotopic (exact) mass is 1400 g/mol. The molecular weight excluding hydrogens is 1310 g/mol. The number of nitrogens with one attached hydrogen (secondary N) is 4. The average molecular weight is 1400 g/mol. The normalized spacial score (nSPS) is 24.0. The van der Waals surface area contributed by atoms with Crippen LogP contribution in [0.15, 0.2) is 124 Å². The Morgan fingerprint density at radius 1 is 0.470 bits per heavy atom. The molecule has 3 aromatic carbocycles. The Hall–Kier alpha value is -10.2. The zero-order valence-electron chi connectivity index (χ0n) is 55.2. The number of hydrogen-bond acceptors (Lipinski definition) is 13. The van der Waals surface area contributed by atoms with Gasteiger partial charge in [0.2, 0.25) is 0 Å². The molecule has 100 heavy (non-hydrogen) atoms. The zero-order chi connectivity index (χ0) is 71.6. The van der Waals surface area contributed by atoms with E-state index in [-0.39, 0.29) is 67.3 Å². The van der Waals surface area contributed by atoms with Crippen LogP contribution >= 0.6 is 0 Å². The van der Waals surface area contributed by atoms with Gasteiger partial charge >= 0.3 is 30.3 Å². The van der Waals surface area contributed by atoms with Crippen molar-refractivity contribution in [3.05, 3.63) is 209 Å².